The Hall–Kier alpha value is -2.36. The lowest BCUT2D eigenvalue weighted by molar-refractivity contribution is 0.0911. The van der Waals surface area contributed by atoms with Gasteiger partial charge in [-0.1, -0.05) is 30.3 Å². The summed E-state index contributed by atoms with van der Waals surface area (Å²) in [5.41, 5.74) is 6.16. The van der Waals surface area contributed by atoms with Crippen LogP contribution in [0.2, 0.25) is 0 Å². The Morgan fingerprint density at radius 2 is 1.70 bits per heavy atom. The van der Waals surface area contributed by atoms with Crippen molar-refractivity contribution in [3.63, 3.8) is 0 Å². The number of para-hydroxylation sites is 1. The van der Waals surface area contributed by atoms with E-state index in [4.69, 9.17) is 5.73 Å². The third kappa shape index (κ3) is 2.79. The Kier molecular flexibility index (Phi) is 3.74. The third-order valence-corrected chi connectivity index (χ3v) is 3.18. The van der Waals surface area contributed by atoms with Crippen LogP contribution in [0.3, 0.4) is 0 Å². The summed E-state index contributed by atoms with van der Waals surface area (Å²) >= 11 is 0. The van der Waals surface area contributed by atoms with Gasteiger partial charge in [0.25, 0.3) is 5.91 Å². The number of amides is 1. The zero-order valence-corrected chi connectivity index (χ0v) is 11.5. The summed E-state index contributed by atoms with van der Waals surface area (Å²) < 4.78 is 13.8. The highest BCUT2D eigenvalue weighted by Crippen LogP contribution is 2.24. The van der Waals surface area contributed by atoms with E-state index in [9.17, 15) is 9.18 Å². The minimum atomic E-state index is -0.829. The van der Waals surface area contributed by atoms with E-state index in [0.717, 1.165) is 0 Å². The summed E-state index contributed by atoms with van der Waals surface area (Å²) in [5.74, 6) is -0.671. The van der Waals surface area contributed by atoms with Gasteiger partial charge in [0, 0.05) is 11.3 Å². The molecule has 0 aliphatic rings. The molecular weight excluding hydrogens is 255 g/mol. The summed E-state index contributed by atoms with van der Waals surface area (Å²) in [6, 6.07) is 13.2. The number of rotatable bonds is 3. The lowest BCUT2D eigenvalue weighted by Crippen LogP contribution is -2.41. The standard InChI is InChI=1S/C16H17FN2O/c1-16(2,12-8-4-5-9-13(12)17)19-15(20)11-7-3-6-10-14(11)18/h3-10H,18H2,1-2H3,(H,19,20). The van der Waals surface area contributed by atoms with Gasteiger partial charge >= 0.3 is 0 Å². The number of nitrogens with one attached hydrogen (secondary N) is 1. The number of anilines is 1. The first-order valence-corrected chi connectivity index (χ1v) is 6.34. The Labute approximate surface area is 117 Å². The van der Waals surface area contributed by atoms with Crippen LogP contribution in [0.1, 0.15) is 29.8 Å². The molecule has 2 aromatic rings. The monoisotopic (exact) mass is 272 g/mol. The Bertz CT molecular complexity index is 638. The largest absolute Gasteiger partial charge is 0.398 e. The molecule has 4 heteroatoms. The van der Waals surface area contributed by atoms with Gasteiger partial charge in [-0.15, -0.1) is 0 Å². The predicted molar refractivity (Wildman–Crippen MR) is 77.7 cm³/mol. The fraction of sp³-hybridized carbons (Fsp3) is 0.188. The van der Waals surface area contributed by atoms with Crippen molar-refractivity contribution < 1.29 is 9.18 Å². The quantitative estimate of drug-likeness (QED) is 0.844. The number of nitrogens with two attached hydrogens (primary N) is 1. The number of hydrogen-bond acceptors (Lipinski definition) is 2. The van der Waals surface area contributed by atoms with E-state index < -0.39 is 5.54 Å². The molecule has 0 bridgehead atoms. The minimum Gasteiger partial charge on any atom is -0.398 e. The summed E-state index contributed by atoms with van der Waals surface area (Å²) in [6.45, 7) is 3.50. The Morgan fingerprint density at radius 3 is 2.35 bits per heavy atom. The SMILES string of the molecule is CC(C)(NC(=O)c1ccccc1N)c1ccccc1F. The smallest absolute Gasteiger partial charge is 0.254 e. The van der Waals surface area contributed by atoms with E-state index in [1.54, 1.807) is 56.3 Å². The van der Waals surface area contributed by atoms with Crippen molar-refractivity contribution in [3.05, 3.63) is 65.5 Å². The van der Waals surface area contributed by atoms with Gasteiger partial charge < -0.3 is 11.1 Å². The van der Waals surface area contributed by atoms with E-state index in [2.05, 4.69) is 5.32 Å². The van der Waals surface area contributed by atoms with Crippen molar-refractivity contribution in [1.29, 1.82) is 0 Å². The number of carbonyl (C=O) groups is 1. The van der Waals surface area contributed by atoms with E-state index in [-0.39, 0.29) is 11.7 Å². The average Bonchev–Trinajstić information content (AvgIpc) is 2.38. The molecule has 0 unspecified atom stereocenters. The summed E-state index contributed by atoms with van der Waals surface area (Å²) in [7, 11) is 0. The second-order valence-corrected chi connectivity index (χ2v) is 5.15. The van der Waals surface area contributed by atoms with Crippen molar-refractivity contribution >= 4 is 11.6 Å². The molecule has 0 radical (unpaired) electrons. The molecule has 3 nitrogen and oxygen atoms in total. The lowest BCUT2D eigenvalue weighted by atomic mass is 9.93. The number of hydrogen-bond donors (Lipinski definition) is 2. The molecule has 0 aliphatic heterocycles. The van der Waals surface area contributed by atoms with Gasteiger partial charge in [0.1, 0.15) is 5.82 Å². The van der Waals surface area contributed by atoms with Gasteiger partial charge in [-0.05, 0) is 32.0 Å². The van der Waals surface area contributed by atoms with Gasteiger partial charge in [-0.25, -0.2) is 4.39 Å². The van der Waals surface area contributed by atoms with Crippen molar-refractivity contribution in [1.82, 2.24) is 5.32 Å². The maximum Gasteiger partial charge on any atom is 0.254 e. The van der Waals surface area contributed by atoms with E-state index in [1.807, 2.05) is 0 Å². The van der Waals surface area contributed by atoms with Crippen molar-refractivity contribution in [3.8, 4) is 0 Å². The molecule has 0 saturated heterocycles. The first kappa shape index (κ1) is 14.1. The number of nitrogen functional groups attached to an aromatic ring is 1. The van der Waals surface area contributed by atoms with Crippen LogP contribution in [-0.4, -0.2) is 5.91 Å². The fourth-order valence-electron chi connectivity index (χ4n) is 2.09. The van der Waals surface area contributed by atoms with Crippen LogP contribution in [0, 0.1) is 5.82 Å². The molecular formula is C16H17FN2O. The zero-order chi connectivity index (χ0) is 14.8. The fourth-order valence-corrected chi connectivity index (χ4v) is 2.09. The van der Waals surface area contributed by atoms with Crippen LogP contribution < -0.4 is 11.1 Å². The summed E-state index contributed by atoms with van der Waals surface area (Å²) in [6.07, 6.45) is 0. The van der Waals surface area contributed by atoms with Crippen LogP contribution in [-0.2, 0) is 5.54 Å². The third-order valence-electron chi connectivity index (χ3n) is 3.18. The Morgan fingerprint density at radius 1 is 1.10 bits per heavy atom. The first-order chi connectivity index (χ1) is 9.42. The van der Waals surface area contributed by atoms with Gasteiger partial charge in [0.05, 0.1) is 11.1 Å². The first-order valence-electron chi connectivity index (χ1n) is 6.34. The number of halogens is 1. The second-order valence-electron chi connectivity index (χ2n) is 5.15. The maximum absolute atomic E-state index is 13.8. The molecule has 2 rings (SSSR count). The molecule has 0 heterocycles. The van der Waals surface area contributed by atoms with Gasteiger partial charge in [-0.3, -0.25) is 4.79 Å². The van der Waals surface area contributed by atoms with Crippen molar-refractivity contribution in [2.45, 2.75) is 19.4 Å². The summed E-state index contributed by atoms with van der Waals surface area (Å²) in [5, 5.41) is 2.81. The van der Waals surface area contributed by atoms with Crippen molar-refractivity contribution in [2.75, 3.05) is 5.73 Å². The normalized spacial score (nSPS) is 11.2. The highest BCUT2D eigenvalue weighted by Gasteiger charge is 2.26. The molecule has 0 spiro atoms. The minimum absolute atomic E-state index is 0.323. The average molecular weight is 272 g/mol. The van der Waals surface area contributed by atoms with Gasteiger partial charge in [0.15, 0.2) is 0 Å². The van der Waals surface area contributed by atoms with Gasteiger partial charge in [0.2, 0.25) is 0 Å². The lowest BCUT2D eigenvalue weighted by Gasteiger charge is -2.27. The molecule has 0 aliphatic carbocycles. The second kappa shape index (κ2) is 5.33. The van der Waals surface area contributed by atoms with E-state index in [1.165, 1.54) is 6.07 Å². The molecule has 3 N–H and O–H groups in total. The summed E-state index contributed by atoms with van der Waals surface area (Å²) in [4.78, 5) is 12.3. The van der Waals surface area contributed by atoms with E-state index in [0.29, 0.717) is 16.8 Å². The zero-order valence-electron chi connectivity index (χ0n) is 11.5. The molecule has 0 aromatic heterocycles. The van der Waals surface area contributed by atoms with Gasteiger partial charge in [-0.2, -0.15) is 0 Å². The molecule has 20 heavy (non-hydrogen) atoms. The van der Waals surface area contributed by atoms with Crippen LogP contribution in [0.25, 0.3) is 0 Å². The maximum atomic E-state index is 13.8. The molecule has 104 valence electrons. The van der Waals surface area contributed by atoms with E-state index >= 15 is 0 Å². The molecule has 2 aromatic carbocycles. The number of benzene rings is 2. The molecule has 0 fully saturated rings. The topological polar surface area (TPSA) is 55.1 Å². The van der Waals surface area contributed by atoms with Crippen LogP contribution in [0.15, 0.2) is 48.5 Å². The molecule has 0 atom stereocenters. The highest BCUT2D eigenvalue weighted by molar-refractivity contribution is 5.99. The Balaban J connectivity index is 2.27. The number of carbonyl (C=O) groups excluding carboxylic acids is 1. The predicted octanol–water partition coefficient (Wildman–Crippen LogP) is 3.07. The van der Waals surface area contributed by atoms with Crippen LogP contribution in [0.5, 0.6) is 0 Å². The highest BCUT2D eigenvalue weighted by atomic mass is 19.1. The molecule has 0 saturated carbocycles. The van der Waals surface area contributed by atoms with Crippen LogP contribution in [0.4, 0.5) is 10.1 Å². The molecule has 1 amide bonds. The van der Waals surface area contributed by atoms with Crippen LogP contribution >= 0.6 is 0 Å². The van der Waals surface area contributed by atoms with Crippen molar-refractivity contribution in [2.24, 2.45) is 0 Å².